The number of anilines is 1. The van der Waals surface area contributed by atoms with Crippen molar-refractivity contribution in [3.8, 4) is 17.2 Å². The molecule has 4 rings (SSSR count). The highest BCUT2D eigenvalue weighted by molar-refractivity contribution is 5.95. The van der Waals surface area contributed by atoms with Crippen LogP contribution in [0.15, 0.2) is 76.3 Å². The van der Waals surface area contributed by atoms with Crippen LogP contribution in [0.1, 0.15) is 31.9 Å². The minimum absolute atomic E-state index is 0.330. The van der Waals surface area contributed by atoms with Gasteiger partial charge in [-0.2, -0.15) is 0 Å². The molecule has 4 aromatic rings. The van der Waals surface area contributed by atoms with Crippen molar-refractivity contribution in [2.45, 2.75) is 32.7 Å². The molecule has 0 saturated heterocycles. The molecule has 8 nitrogen and oxygen atoms in total. The lowest BCUT2D eigenvalue weighted by Crippen LogP contribution is -2.43. The largest absolute Gasteiger partial charge is 0.493 e. The highest BCUT2D eigenvalue weighted by Gasteiger charge is 2.26. The number of methoxy groups -OCH3 is 2. The van der Waals surface area contributed by atoms with Crippen molar-refractivity contribution >= 4 is 22.5 Å². The van der Waals surface area contributed by atoms with E-state index in [4.69, 9.17) is 9.47 Å². The number of aromatic nitrogens is 2. The second kappa shape index (κ2) is 10.5. The van der Waals surface area contributed by atoms with Gasteiger partial charge in [-0.05, 0) is 48.7 Å². The Morgan fingerprint density at radius 2 is 1.61 bits per heavy atom. The van der Waals surface area contributed by atoms with Crippen LogP contribution in [0.3, 0.4) is 0 Å². The lowest BCUT2D eigenvalue weighted by Gasteiger charge is -2.22. The number of nitrogens with one attached hydrogen (secondary N) is 1. The topological polar surface area (TPSA) is 91.6 Å². The van der Waals surface area contributed by atoms with E-state index in [1.54, 1.807) is 54.6 Å². The van der Waals surface area contributed by atoms with Crippen LogP contribution in [0.25, 0.3) is 16.6 Å². The maximum atomic E-state index is 13.9. The van der Waals surface area contributed by atoms with Gasteiger partial charge in [0.15, 0.2) is 11.5 Å². The first kappa shape index (κ1) is 24.8. The van der Waals surface area contributed by atoms with Gasteiger partial charge in [-0.1, -0.05) is 44.2 Å². The quantitative estimate of drug-likeness (QED) is 0.400. The Hall–Kier alpha value is -4.33. The van der Waals surface area contributed by atoms with Gasteiger partial charge in [-0.25, -0.2) is 9.36 Å². The molecule has 3 aromatic carbocycles. The second-order valence-corrected chi connectivity index (χ2v) is 8.28. The van der Waals surface area contributed by atoms with Crippen molar-refractivity contribution in [3.05, 3.63) is 93.1 Å². The summed E-state index contributed by atoms with van der Waals surface area (Å²) in [5.74, 6) is 0.619. The molecular weight excluding hydrogens is 458 g/mol. The molecule has 0 aliphatic rings. The standard InChI is InChI=1S/C28H29N3O5/c1-5-18-11-7-9-13-22(18)31-27(33)20-12-8-10-14-23(20)30(28(31)34)21(6-2)26(32)29-19-15-16-24(35-3)25(17-19)36-4/h7-17,21H,5-6H2,1-4H3,(H,29,32). The van der Waals surface area contributed by atoms with Gasteiger partial charge in [0, 0.05) is 11.8 Å². The number of nitrogens with zero attached hydrogens (tertiary/aromatic N) is 2. The summed E-state index contributed by atoms with van der Waals surface area (Å²) < 4.78 is 13.2. The van der Waals surface area contributed by atoms with Crippen LogP contribution in [0.2, 0.25) is 0 Å². The van der Waals surface area contributed by atoms with Crippen molar-refractivity contribution in [2.75, 3.05) is 19.5 Å². The Morgan fingerprint density at radius 1 is 0.917 bits per heavy atom. The molecule has 0 saturated carbocycles. The lowest BCUT2D eigenvalue weighted by atomic mass is 10.1. The van der Waals surface area contributed by atoms with Gasteiger partial charge >= 0.3 is 5.69 Å². The van der Waals surface area contributed by atoms with E-state index in [-0.39, 0.29) is 5.91 Å². The zero-order valence-corrected chi connectivity index (χ0v) is 20.8. The van der Waals surface area contributed by atoms with Crippen LogP contribution in [-0.4, -0.2) is 29.3 Å². The maximum Gasteiger partial charge on any atom is 0.336 e. The van der Waals surface area contributed by atoms with E-state index in [1.807, 2.05) is 26.0 Å². The minimum atomic E-state index is -0.865. The molecule has 0 aliphatic carbocycles. The Kier molecular flexibility index (Phi) is 7.24. The van der Waals surface area contributed by atoms with Gasteiger partial charge in [-0.3, -0.25) is 14.2 Å². The number of hydrogen-bond acceptors (Lipinski definition) is 5. The highest BCUT2D eigenvalue weighted by Crippen LogP contribution is 2.30. The number of ether oxygens (including phenoxy) is 2. The van der Waals surface area contributed by atoms with Crippen LogP contribution in [0.5, 0.6) is 11.5 Å². The fraction of sp³-hybridized carbons (Fsp3) is 0.250. The number of rotatable bonds is 8. The van der Waals surface area contributed by atoms with Crippen LogP contribution in [-0.2, 0) is 11.2 Å². The van der Waals surface area contributed by atoms with E-state index in [0.29, 0.717) is 46.6 Å². The average Bonchev–Trinajstić information content (AvgIpc) is 2.91. The van der Waals surface area contributed by atoms with Crippen molar-refractivity contribution < 1.29 is 14.3 Å². The third-order valence-electron chi connectivity index (χ3n) is 6.26. The maximum absolute atomic E-state index is 13.9. The zero-order chi connectivity index (χ0) is 25.8. The molecule has 1 unspecified atom stereocenters. The fourth-order valence-electron chi connectivity index (χ4n) is 4.45. The van der Waals surface area contributed by atoms with Gasteiger partial charge in [0.1, 0.15) is 6.04 Å². The number of aryl methyl sites for hydroxylation is 1. The third kappa shape index (κ3) is 4.37. The summed E-state index contributed by atoms with van der Waals surface area (Å²) in [4.78, 5) is 40.9. The summed E-state index contributed by atoms with van der Waals surface area (Å²) in [6.07, 6.45) is 0.975. The molecule has 0 fully saturated rings. The molecule has 0 bridgehead atoms. The van der Waals surface area contributed by atoms with Crippen molar-refractivity contribution in [2.24, 2.45) is 0 Å². The first-order valence-corrected chi connectivity index (χ1v) is 11.8. The zero-order valence-electron chi connectivity index (χ0n) is 20.8. The van der Waals surface area contributed by atoms with E-state index in [2.05, 4.69) is 5.32 Å². The molecule has 0 aliphatic heterocycles. The molecular formula is C28H29N3O5. The molecule has 8 heteroatoms. The third-order valence-corrected chi connectivity index (χ3v) is 6.26. The van der Waals surface area contributed by atoms with E-state index >= 15 is 0 Å². The Balaban J connectivity index is 1.89. The minimum Gasteiger partial charge on any atom is -0.493 e. The molecule has 1 amide bonds. The van der Waals surface area contributed by atoms with Crippen LogP contribution in [0, 0.1) is 0 Å². The molecule has 1 aromatic heterocycles. The first-order valence-electron chi connectivity index (χ1n) is 11.8. The van der Waals surface area contributed by atoms with Crippen LogP contribution < -0.4 is 26.0 Å². The number of hydrogen-bond donors (Lipinski definition) is 1. The summed E-state index contributed by atoms with van der Waals surface area (Å²) in [5, 5.41) is 3.25. The number of benzene rings is 3. The van der Waals surface area contributed by atoms with Crippen molar-refractivity contribution in [3.63, 3.8) is 0 Å². The molecule has 1 atom stereocenters. The smallest absolute Gasteiger partial charge is 0.336 e. The van der Waals surface area contributed by atoms with Crippen LogP contribution in [0.4, 0.5) is 5.69 Å². The van der Waals surface area contributed by atoms with E-state index in [1.165, 1.54) is 23.4 Å². The summed E-state index contributed by atoms with van der Waals surface area (Å²) in [5.41, 5.74) is 1.31. The average molecular weight is 488 g/mol. The first-order chi connectivity index (χ1) is 17.4. The molecule has 0 spiro atoms. The SMILES string of the molecule is CCc1ccccc1-n1c(=O)c2ccccc2n(C(CC)C(=O)Nc2ccc(OC)c(OC)c2)c1=O. The number of carbonyl (C=O) groups excluding carboxylic acids is 1. The van der Waals surface area contributed by atoms with Gasteiger partial charge in [0.2, 0.25) is 5.91 Å². The van der Waals surface area contributed by atoms with Crippen LogP contribution >= 0.6 is 0 Å². The number of amides is 1. The Bertz CT molecular complexity index is 1540. The predicted molar refractivity (Wildman–Crippen MR) is 141 cm³/mol. The van der Waals surface area contributed by atoms with E-state index < -0.39 is 17.3 Å². The van der Waals surface area contributed by atoms with E-state index in [0.717, 1.165) is 5.56 Å². The second-order valence-electron chi connectivity index (χ2n) is 8.28. The van der Waals surface area contributed by atoms with Crippen molar-refractivity contribution in [1.29, 1.82) is 0 Å². The van der Waals surface area contributed by atoms with Gasteiger partial charge < -0.3 is 14.8 Å². The van der Waals surface area contributed by atoms with Gasteiger partial charge in [0.25, 0.3) is 5.56 Å². The van der Waals surface area contributed by atoms with Crippen molar-refractivity contribution in [1.82, 2.24) is 9.13 Å². The normalized spacial score (nSPS) is 11.8. The summed E-state index contributed by atoms with van der Waals surface area (Å²) >= 11 is 0. The number of para-hydroxylation sites is 2. The molecule has 0 radical (unpaired) electrons. The molecule has 186 valence electrons. The summed E-state index contributed by atoms with van der Waals surface area (Å²) in [7, 11) is 3.05. The Labute approximate surface area is 208 Å². The van der Waals surface area contributed by atoms with E-state index in [9.17, 15) is 14.4 Å². The molecule has 1 N–H and O–H groups in total. The predicted octanol–water partition coefficient (Wildman–Crippen LogP) is 4.32. The number of carbonyl (C=O) groups is 1. The summed E-state index contributed by atoms with van der Waals surface area (Å²) in [6, 6.07) is 18.4. The summed E-state index contributed by atoms with van der Waals surface area (Å²) in [6.45, 7) is 3.80. The monoisotopic (exact) mass is 487 g/mol. The Morgan fingerprint density at radius 3 is 2.31 bits per heavy atom. The van der Waals surface area contributed by atoms with Gasteiger partial charge in [0.05, 0.1) is 30.8 Å². The number of fused-ring (bicyclic) bond motifs is 1. The highest BCUT2D eigenvalue weighted by atomic mass is 16.5. The van der Waals surface area contributed by atoms with Gasteiger partial charge in [-0.15, -0.1) is 0 Å². The lowest BCUT2D eigenvalue weighted by molar-refractivity contribution is -0.119. The molecule has 1 heterocycles. The fourth-order valence-corrected chi connectivity index (χ4v) is 4.45. The molecule has 36 heavy (non-hydrogen) atoms.